The highest BCUT2D eigenvalue weighted by Gasteiger charge is 2.39. The highest BCUT2D eigenvalue weighted by molar-refractivity contribution is 5.18. The van der Waals surface area contributed by atoms with Gasteiger partial charge in [-0.05, 0) is 29.9 Å². The monoisotopic (exact) mass is 195 g/mol. The first-order valence-corrected chi connectivity index (χ1v) is 4.79. The molecule has 0 aromatic carbocycles. The third-order valence-electron chi connectivity index (χ3n) is 2.86. The molecule has 1 aliphatic carbocycles. The number of nitrogens with one attached hydrogen (secondary N) is 1. The lowest BCUT2D eigenvalue weighted by atomic mass is 10.0. The van der Waals surface area contributed by atoms with Gasteiger partial charge in [0.15, 0.2) is 0 Å². The van der Waals surface area contributed by atoms with Crippen molar-refractivity contribution in [1.82, 2.24) is 10.4 Å². The molecule has 3 atom stereocenters. The van der Waals surface area contributed by atoms with Crippen molar-refractivity contribution < 1.29 is 4.39 Å². The average molecular weight is 195 g/mol. The molecule has 76 valence electrons. The molecular formula is C10H14FN3. The number of hydrogen-bond donors (Lipinski definition) is 2. The number of aromatic nitrogens is 1. The van der Waals surface area contributed by atoms with Crippen LogP contribution in [0, 0.1) is 17.7 Å². The number of hydrazine groups is 1. The van der Waals surface area contributed by atoms with Crippen molar-refractivity contribution in [2.24, 2.45) is 17.7 Å². The molecule has 0 saturated heterocycles. The lowest BCUT2D eigenvalue weighted by Gasteiger charge is -2.15. The average Bonchev–Trinajstić information content (AvgIpc) is 2.84. The van der Waals surface area contributed by atoms with Gasteiger partial charge >= 0.3 is 0 Å². The largest absolute Gasteiger partial charge is 0.271 e. The summed E-state index contributed by atoms with van der Waals surface area (Å²) in [6.07, 6.45) is 4.01. The Labute approximate surface area is 82.5 Å². The molecule has 4 heteroatoms. The highest BCUT2D eigenvalue weighted by Crippen LogP contribution is 2.46. The second-order valence-corrected chi connectivity index (χ2v) is 3.96. The number of nitrogens with two attached hydrogens (primary N) is 1. The summed E-state index contributed by atoms with van der Waals surface area (Å²) in [5.41, 5.74) is 3.57. The fourth-order valence-corrected chi connectivity index (χ4v) is 1.88. The summed E-state index contributed by atoms with van der Waals surface area (Å²) in [5, 5.41) is 0. The summed E-state index contributed by atoms with van der Waals surface area (Å²) in [4.78, 5) is 3.82. The molecule has 14 heavy (non-hydrogen) atoms. The number of nitrogens with zero attached hydrogens (tertiary/aromatic N) is 1. The SMILES string of the molecule is CC1CC1C(NN)c1cncc(F)c1. The van der Waals surface area contributed by atoms with Gasteiger partial charge in [0.2, 0.25) is 0 Å². The van der Waals surface area contributed by atoms with Crippen molar-refractivity contribution in [3.8, 4) is 0 Å². The van der Waals surface area contributed by atoms with E-state index in [4.69, 9.17) is 5.84 Å². The zero-order valence-electron chi connectivity index (χ0n) is 8.07. The van der Waals surface area contributed by atoms with E-state index in [9.17, 15) is 4.39 Å². The third kappa shape index (κ3) is 1.76. The van der Waals surface area contributed by atoms with E-state index in [-0.39, 0.29) is 11.9 Å². The van der Waals surface area contributed by atoms with Gasteiger partial charge in [0.25, 0.3) is 0 Å². The van der Waals surface area contributed by atoms with Crippen LogP contribution in [-0.2, 0) is 0 Å². The van der Waals surface area contributed by atoms with Gasteiger partial charge in [0.1, 0.15) is 5.82 Å². The lowest BCUT2D eigenvalue weighted by Crippen LogP contribution is -2.30. The first-order valence-electron chi connectivity index (χ1n) is 4.79. The summed E-state index contributed by atoms with van der Waals surface area (Å²) in [5.74, 6) is 6.33. The van der Waals surface area contributed by atoms with Gasteiger partial charge < -0.3 is 0 Å². The Morgan fingerprint density at radius 2 is 2.36 bits per heavy atom. The van der Waals surface area contributed by atoms with Gasteiger partial charge in [-0.1, -0.05) is 6.92 Å². The maximum Gasteiger partial charge on any atom is 0.141 e. The summed E-state index contributed by atoms with van der Waals surface area (Å²) in [6, 6.07) is 1.52. The molecule has 2 rings (SSSR count). The Bertz CT molecular complexity index is 329. The topological polar surface area (TPSA) is 50.9 Å². The second kappa shape index (κ2) is 3.63. The Kier molecular flexibility index (Phi) is 2.48. The minimum atomic E-state index is -0.309. The molecule has 3 N–H and O–H groups in total. The first-order chi connectivity index (χ1) is 6.72. The molecule has 1 fully saturated rings. The number of halogens is 1. The molecule has 1 aromatic rings. The zero-order chi connectivity index (χ0) is 10.1. The van der Waals surface area contributed by atoms with Crippen LogP contribution in [0.25, 0.3) is 0 Å². The van der Waals surface area contributed by atoms with Crippen molar-refractivity contribution in [2.75, 3.05) is 0 Å². The molecule has 0 bridgehead atoms. The van der Waals surface area contributed by atoms with Crippen LogP contribution in [0.5, 0.6) is 0 Å². The van der Waals surface area contributed by atoms with Crippen molar-refractivity contribution >= 4 is 0 Å². The van der Waals surface area contributed by atoms with E-state index in [0.29, 0.717) is 11.8 Å². The van der Waals surface area contributed by atoms with Crippen molar-refractivity contribution in [2.45, 2.75) is 19.4 Å². The van der Waals surface area contributed by atoms with Crippen molar-refractivity contribution in [3.63, 3.8) is 0 Å². The van der Waals surface area contributed by atoms with Crippen LogP contribution in [0.15, 0.2) is 18.5 Å². The predicted octanol–water partition coefficient (Wildman–Crippen LogP) is 1.38. The molecule has 1 heterocycles. The minimum absolute atomic E-state index is 0.0354. The molecule has 0 radical (unpaired) electrons. The van der Waals surface area contributed by atoms with Crippen LogP contribution in [0.3, 0.4) is 0 Å². The van der Waals surface area contributed by atoms with Crippen LogP contribution in [0.4, 0.5) is 4.39 Å². The molecule has 0 aliphatic heterocycles. The van der Waals surface area contributed by atoms with E-state index < -0.39 is 0 Å². The Morgan fingerprint density at radius 3 is 2.86 bits per heavy atom. The summed E-state index contributed by atoms with van der Waals surface area (Å²) in [6.45, 7) is 2.17. The summed E-state index contributed by atoms with van der Waals surface area (Å²) >= 11 is 0. The normalized spacial score (nSPS) is 27.4. The number of pyridine rings is 1. The Morgan fingerprint density at radius 1 is 1.64 bits per heavy atom. The van der Waals surface area contributed by atoms with Crippen LogP contribution < -0.4 is 11.3 Å². The second-order valence-electron chi connectivity index (χ2n) is 3.96. The molecule has 3 unspecified atom stereocenters. The number of rotatable bonds is 3. The summed E-state index contributed by atoms with van der Waals surface area (Å²) < 4.78 is 12.9. The van der Waals surface area contributed by atoms with Crippen molar-refractivity contribution in [3.05, 3.63) is 29.8 Å². The fourth-order valence-electron chi connectivity index (χ4n) is 1.88. The smallest absolute Gasteiger partial charge is 0.141 e. The standard InChI is InChI=1S/C10H14FN3/c1-6-2-9(6)10(14-12)7-3-8(11)5-13-4-7/h3-6,9-10,14H,2,12H2,1H3. The van der Waals surface area contributed by atoms with Gasteiger partial charge in [0, 0.05) is 6.20 Å². The van der Waals surface area contributed by atoms with Gasteiger partial charge in [-0.3, -0.25) is 16.3 Å². The Balaban J connectivity index is 2.19. The maximum absolute atomic E-state index is 12.9. The van der Waals surface area contributed by atoms with Gasteiger partial charge in [-0.25, -0.2) is 4.39 Å². The minimum Gasteiger partial charge on any atom is -0.271 e. The summed E-state index contributed by atoms with van der Waals surface area (Å²) in [7, 11) is 0. The van der Waals surface area contributed by atoms with Crippen LogP contribution in [0.2, 0.25) is 0 Å². The molecule has 0 spiro atoms. The van der Waals surface area contributed by atoms with E-state index in [0.717, 1.165) is 12.0 Å². The quantitative estimate of drug-likeness (QED) is 0.566. The van der Waals surface area contributed by atoms with Crippen LogP contribution in [-0.4, -0.2) is 4.98 Å². The van der Waals surface area contributed by atoms with Crippen molar-refractivity contribution in [1.29, 1.82) is 0 Å². The predicted molar refractivity (Wildman–Crippen MR) is 51.5 cm³/mol. The fraction of sp³-hybridized carbons (Fsp3) is 0.500. The highest BCUT2D eigenvalue weighted by atomic mass is 19.1. The zero-order valence-corrected chi connectivity index (χ0v) is 8.07. The Hall–Kier alpha value is -1.00. The molecule has 1 aliphatic rings. The third-order valence-corrected chi connectivity index (χ3v) is 2.86. The molecular weight excluding hydrogens is 181 g/mol. The van der Waals surface area contributed by atoms with E-state index in [1.165, 1.54) is 12.3 Å². The molecule has 1 saturated carbocycles. The molecule has 1 aromatic heterocycles. The first kappa shape index (κ1) is 9.55. The van der Waals surface area contributed by atoms with Gasteiger partial charge in [-0.2, -0.15) is 0 Å². The van der Waals surface area contributed by atoms with Crippen LogP contribution >= 0.6 is 0 Å². The van der Waals surface area contributed by atoms with E-state index >= 15 is 0 Å². The molecule has 0 amide bonds. The van der Waals surface area contributed by atoms with E-state index in [1.807, 2.05) is 0 Å². The molecule has 3 nitrogen and oxygen atoms in total. The van der Waals surface area contributed by atoms with E-state index in [1.54, 1.807) is 6.20 Å². The van der Waals surface area contributed by atoms with E-state index in [2.05, 4.69) is 17.3 Å². The maximum atomic E-state index is 12.9. The van der Waals surface area contributed by atoms with Gasteiger partial charge in [-0.15, -0.1) is 0 Å². The van der Waals surface area contributed by atoms with Crippen LogP contribution in [0.1, 0.15) is 24.9 Å². The number of hydrogen-bond acceptors (Lipinski definition) is 3. The lowest BCUT2D eigenvalue weighted by molar-refractivity contribution is 0.471. The van der Waals surface area contributed by atoms with Gasteiger partial charge in [0.05, 0.1) is 12.2 Å².